The Bertz CT molecular complexity index is 166. The summed E-state index contributed by atoms with van der Waals surface area (Å²) < 4.78 is 0. The fraction of sp³-hybridized carbons (Fsp3) is 0.600. The molecule has 0 spiro atoms. The molecule has 1 aliphatic heterocycles. The van der Waals surface area contributed by atoms with Gasteiger partial charge in [0.1, 0.15) is 0 Å². The molecule has 1 N–H and O–H groups in total. The van der Waals surface area contributed by atoms with Crippen molar-refractivity contribution in [3.63, 3.8) is 0 Å². The Morgan fingerprint density at radius 2 is 2.67 bits per heavy atom. The maximum Gasteiger partial charge on any atom is 0.329 e. The Labute approximate surface area is 57.2 Å². The summed E-state index contributed by atoms with van der Waals surface area (Å²) >= 11 is 1.50. The van der Waals surface area contributed by atoms with E-state index in [0.717, 1.165) is 5.04 Å². The molecule has 0 aromatic carbocycles. The van der Waals surface area contributed by atoms with Crippen molar-refractivity contribution in [2.45, 2.75) is 13.0 Å². The summed E-state index contributed by atoms with van der Waals surface area (Å²) in [7, 11) is 0. The number of aliphatic imine (C=N–C) groups is 1. The van der Waals surface area contributed by atoms with Crippen LogP contribution in [0.15, 0.2) is 4.99 Å². The van der Waals surface area contributed by atoms with Gasteiger partial charge < -0.3 is 5.11 Å². The number of carbonyl (C=O) groups is 1. The summed E-state index contributed by atoms with van der Waals surface area (Å²) in [6.45, 7) is 1.83. The second-order valence-corrected chi connectivity index (χ2v) is 3.03. The molecular formula is C5H7NO2S. The van der Waals surface area contributed by atoms with Gasteiger partial charge in [-0.15, -0.1) is 11.8 Å². The van der Waals surface area contributed by atoms with Gasteiger partial charge in [-0.05, 0) is 6.92 Å². The molecule has 0 saturated heterocycles. The van der Waals surface area contributed by atoms with E-state index in [2.05, 4.69) is 4.99 Å². The van der Waals surface area contributed by atoms with E-state index in [9.17, 15) is 4.79 Å². The predicted molar refractivity (Wildman–Crippen MR) is 37.0 cm³/mol. The third kappa shape index (κ3) is 1.45. The van der Waals surface area contributed by atoms with Crippen LogP contribution in [-0.2, 0) is 4.79 Å². The van der Waals surface area contributed by atoms with Crippen molar-refractivity contribution in [1.29, 1.82) is 0 Å². The van der Waals surface area contributed by atoms with Crippen molar-refractivity contribution in [3.8, 4) is 0 Å². The number of hydrogen-bond acceptors (Lipinski definition) is 3. The molecule has 0 aromatic heterocycles. The van der Waals surface area contributed by atoms with Crippen LogP contribution in [0.3, 0.4) is 0 Å². The number of hydrogen-bond donors (Lipinski definition) is 1. The van der Waals surface area contributed by atoms with Crippen molar-refractivity contribution < 1.29 is 9.90 Å². The molecule has 0 bridgehead atoms. The van der Waals surface area contributed by atoms with Crippen molar-refractivity contribution in [1.82, 2.24) is 0 Å². The maximum absolute atomic E-state index is 10.2. The van der Waals surface area contributed by atoms with Crippen LogP contribution in [0.25, 0.3) is 0 Å². The van der Waals surface area contributed by atoms with Crippen molar-refractivity contribution in [2.24, 2.45) is 4.99 Å². The van der Waals surface area contributed by atoms with Gasteiger partial charge in [-0.2, -0.15) is 0 Å². The van der Waals surface area contributed by atoms with E-state index in [0.29, 0.717) is 5.75 Å². The lowest BCUT2D eigenvalue weighted by molar-refractivity contribution is -0.137. The summed E-state index contributed by atoms with van der Waals surface area (Å²) in [4.78, 5) is 14.1. The van der Waals surface area contributed by atoms with E-state index in [1.54, 1.807) is 0 Å². The molecular weight excluding hydrogens is 138 g/mol. The number of rotatable bonds is 1. The van der Waals surface area contributed by atoms with E-state index in [4.69, 9.17) is 5.11 Å². The van der Waals surface area contributed by atoms with Gasteiger partial charge in [-0.25, -0.2) is 4.79 Å². The topological polar surface area (TPSA) is 49.7 Å². The first-order valence-corrected chi connectivity index (χ1v) is 3.58. The average Bonchev–Trinajstić information content (AvgIpc) is 2.14. The molecule has 1 rings (SSSR count). The van der Waals surface area contributed by atoms with Crippen LogP contribution in [0.2, 0.25) is 0 Å². The van der Waals surface area contributed by atoms with Gasteiger partial charge in [0.15, 0.2) is 6.04 Å². The Balaban J connectivity index is 2.57. The minimum atomic E-state index is -0.820. The first-order valence-electron chi connectivity index (χ1n) is 2.60. The smallest absolute Gasteiger partial charge is 0.329 e. The molecule has 1 unspecified atom stereocenters. The number of carboxylic acid groups (broad SMARTS) is 1. The highest BCUT2D eigenvalue weighted by Crippen LogP contribution is 2.16. The van der Waals surface area contributed by atoms with Crippen LogP contribution in [0.4, 0.5) is 0 Å². The molecule has 0 aromatic rings. The normalized spacial score (nSPS) is 25.9. The summed E-state index contributed by atoms with van der Waals surface area (Å²) in [6, 6.07) is -0.491. The second kappa shape index (κ2) is 2.39. The molecule has 1 heterocycles. The van der Waals surface area contributed by atoms with Gasteiger partial charge >= 0.3 is 5.97 Å². The molecule has 0 aliphatic carbocycles. The lowest BCUT2D eigenvalue weighted by Gasteiger charge is -1.93. The van der Waals surface area contributed by atoms with Crippen molar-refractivity contribution in [3.05, 3.63) is 0 Å². The summed E-state index contributed by atoms with van der Waals surface area (Å²) in [5.74, 6) is -0.222. The van der Waals surface area contributed by atoms with Gasteiger partial charge in [0.2, 0.25) is 0 Å². The van der Waals surface area contributed by atoms with E-state index in [1.165, 1.54) is 11.8 Å². The molecule has 4 heteroatoms. The third-order valence-electron chi connectivity index (χ3n) is 1.07. The molecule has 3 nitrogen and oxygen atoms in total. The first-order chi connectivity index (χ1) is 4.20. The zero-order chi connectivity index (χ0) is 6.85. The highest BCUT2D eigenvalue weighted by atomic mass is 32.2. The molecule has 0 saturated carbocycles. The minimum Gasteiger partial charge on any atom is -0.480 e. The van der Waals surface area contributed by atoms with E-state index in [1.807, 2.05) is 6.92 Å². The summed E-state index contributed by atoms with van der Waals surface area (Å²) in [5.41, 5.74) is 0. The van der Waals surface area contributed by atoms with Gasteiger partial charge in [0.05, 0.1) is 5.04 Å². The van der Waals surface area contributed by atoms with E-state index < -0.39 is 12.0 Å². The van der Waals surface area contributed by atoms with Crippen LogP contribution >= 0.6 is 11.8 Å². The molecule has 1 atom stereocenters. The van der Waals surface area contributed by atoms with E-state index in [-0.39, 0.29) is 0 Å². The van der Waals surface area contributed by atoms with Crippen molar-refractivity contribution >= 4 is 22.8 Å². The summed E-state index contributed by atoms with van der Waals surface area (Å²) in [5, 5.41) is 9.29. The Morgan fingerprint density at radius 3 is 2.89 bits per heavy atom. The zero-order valence-corrected chi connectivity index (χ0v) is 5.81. The molecule has 1 aliphatic rings. The first kappa shape index (κ1) is 6.61. The SMILES string of the molecule is CC1=NC(C(=O)O)CS1. The fourth-order valence-corrected chi connectivity index (χ4v) is 1.44. The largest absolute Gasteiger partial charge is 0.480 e. The van der Waals surface area contributed by atoms with Crippen LogP contribution in [0.1, 0.15) is 6.92 Å². The Kier molecular flexibility index (Phi) is 1.75. The molecule has 0 amide bonds. The average molecular weight is 145 g/mol. The van der Waals surface area contributed by atoms with Crippen LogP contribution < -0.4 is 0 Å². The lowest BCUT2D eigenvalue weighted by Crippen LogP contribution is -2.16. The van der Waals surface area contributed by atoms with Gasteiger partial charge in [-0.1, -0.05) is 0 Å². The Morgan fingerprint density at radius 1 is 2.00 bits per heavy atom. The second-order valence-electron chi connectivity index (χ2n) is 1.81. The number of nitrogens with zero attached hydrogens (tertiary/aromatic N) is 1. The predicted octanol–water partition coefficient (Wildman–Crippen LogP) is 0.605. The molecule has 9 heavy (non-hydrogen) atoms. The fourth-order valence-electron chi connectivity index (χ4n) is 0.620. The highest BCUT2D eigenvalue weighted by Gasteiger charge is 2.21. The summed E-state index contributed by atoms with van der Waals surface area (Å²) in [6.07, 6.45) is 0. The van der Waals surface area contributed by atoms with Crippen LogP contribution in [-0.4, -0.2) is 27.9 Å². The zero-order valence-electron chi connectivity index (χ0n) is 5.00. The van der Waals surface area contributed by atoms with E-state index >= 15 is 0 Å². The number of carboxylic acids is 1. The van der Waals surface area contributed by atoms with Crippen molar-refractivity contribution in [2.75, 3.05) is 5.75 Å². The maximum atomic E-state index is 10.2. The number of aliphatic carboxylic acids is 1. The highest BCUT2D eigenvalue weighted by molar-refractivity contribution is 8.14. The molecule has 0 fully saturated rings. The van der Waals surface area contributed by atoms with Gasteiger partial charge in [0.25, 0.3) is 0 Å². The van der Waals surface area contributed by atoms with Gasteiger partial charge in [0, 0.05) is 5.75 Å². The lowest BCUT2D eigenvalue weighted by atomic mass is 10.4. The monoisotopic (exact) mass is 145 g/mol. The quantitative estimate of drug-likeness (QED) is 0.588. The van der Waals surface area contributed by atoms with Crippen LogP contribution in [0, 0.1) is 0 Å². The standard InChI is InChI=1S/C5H7NO2S/c1-3-6-4(2-9-3)5(7)8/h4H,2H2,1H3,(H,7,8). The van der Waals surface area contributed by atoms with Gasteiger partial charge in [-0.3, -0.25) is 4.99 Å². The third-order valence-corrected chi connectivity index (χ3v) is 2.08. The molecule has 0 radical (unpaired) electrons. The Hall–Kier alpha value is -0.510. The minimum absolute atomic E-state index is 0.491. The number of thioether (sulfide) groups is 1. The van der Waals surface area contributed by atoms with Crippen LogP contribution in [0.5, 0.6) is 0 Å². The molecule has 50 valence electrons.